The summed E-state index contributed by atoms with van der Waals surface area (Å²) in [7, 11) is 2.06. The molecule has 3 aromatic heterocycles. The monoisotopic (exact) mass is 483 g/mol. The summed E-state index contributed by atoms with van der Waals surface area (Å²) < 4.78 is 4.18. The summed E-state index contributed by atoms with van der Waals surface area (Å²) in [5, 5.41) is 2.48. The number of imidazole rings is 2. The first-order valence-corrected chi connectivity index (χ1v) is 11.5. The van der Waals surface area contributed by atoms with Crippen molar-refractivity contribution in [3.8, 4) is 39.7 Å². The molecule has 0 aliphatic heterocycles. The van der Waals surface area contributed by atoms with Gasteiger partial charge in [-0.05, 0) is 30.3 Å². The molecule has 0 spiro atoms. The molecule has 3 heterocycles. The van der Waals surface area contributed by atoms with E-state index in [1.807, 2.05) is 71.4 Å². The smallest absolute Gasteiger partial charge is 0.142 e. The summed E-state index contributed by atoms with van der Waals surface area (Å²) in [6.45, 7) is 0. The zero-order chi connectivity index (χ0) is 23.2. The van der Waals surface area contributed by atoms with E-state index in [9.17, 15) is 0 Å². The minimum absolute atomic E-state index is 0.684. The number of aromatic amines is 1. The van der Waals surface area contributed by atoms with Crippen LogP contribution in [0.2, 0.25) is 10.0 Å². The van der Waals surface area contributed by atoms with Crippen LogP contribution in [0.3, 0.4) is 0 Å². The maximum Gasteiger partial charge on any atom is 0.142 e. The molecule has 5 nitrogen and oxygen atoms in total. The number of hydrogen-bond acceptors (Lipinski definition) is 2. The molecule has 0 fully saturated rings. The number of para-hydroxylation sites is 1. The Kier molecular flexibility index (Phi) is 5.01. The van der Waals surface area contributed by atoms with E-state index in [4.69, 9.17) is 28.2 Å². The lowest BCUT2D eigenvalue weighted by atomic mass is 10.1. The number of H-pyrrole nitrogens is 1. The molecule has 166 valence electrons. The normalized spacial score (nSPS) is 11.4. The second kappa shape index (κ2) is 8.20. The lowest BCUT2D eigenvalue weighted by molar-refractivity contribution is 0.868. The third-order valence-electron chi connectivity index (χ3n) is 6.02. The highest BCUT2D eigenvalue weighted by Gasteiger charge is 2.23. The van der Waals surface area contributed by atoms with Gasteiger partial charge in [0.05, 0.1) is 22.5 Å². The van der Waals surface area contributed by atoms with Crippen molar-refractivity contribution < 1.29 is 0 Å². The van der Waals surface area contributed by atoms with Crippen LogP contribution >= 0.6 is 23.2 Å². The molecule has 3 aromatic carbocycles. The van der Waals surface area contributed by atoms with Crippen molar-refractivity contribution >= 4 is 34.1 Å². The Morgan fingerprint density at radius 1 is 0.824 bits per heavy atom. The van der Waals surface area contributed by atoms with E-state index < -0.39 is 0 Å². The van der Waals surface area contributed by atoms with Gasteiger partial charge >= 0.3 is 0 Å². The molecule has 1 N–H and O–H groups in total. The van der Waals surface area contributed by atoms with Crippen molar-refractivity contribution in [2.24, 2.45) is 7.05 Å². The average molecular weight is 484 g/mol. The summed E-state index contributed by atoms with van der Waals surface area (Å²) in [6.07, 6.45) is 5.53. The molecule has 0 aliphatic rings. The zero-order valence-electron chi connectivity index (χ0n) is 18.2. The van der Waals surface area contributed by atoms with Crippen molar-refractivity contribution in [2.45, 2.75) is 0 Å². The summed E-state index contributed by atoms with van der Waals surface area (Å²) in [6, 6.07) is 23.8. The van der Waals surface area contributed by atoms with E-state index in [0.29, 0.717) is 10.0 Å². The Morgan fingerprint density at radius 3 is 2.18 bits per heavy atom. The van der Waals surface area contributed by atoms with E-state index >= 15 is 0 Å². The number of halogens is 2. The fraction of sp³-hybridized carbons (Fsp3) is 0.0370. The van der Waals surface area contributed by atoms with Crippen molar-refractivity contribution in [2.75, 3.05) is 0 Å². The molecule has 0 atom stereocenters. The van der Waals surface area contributed by atoms with Crippen molar-refractivity contribution in [3.63, 3.8) is 0 Å². The fourth-order valence-corrected chi connectivity index (χ4v) is 4.69. The first kappa shape index (κ1) is 20.8. The maximum absolute atomic E-state index is 6.17. The third-order valence-corrected chi connectivity index (χ3v) is 6.52. The van der Waals surface area contributed by atoms with Gasteiger partial charge in [0.15, 0.2) is 0 Å². The quantitative estimate of drug-likeness (QED) is 0.284. The van der Waals surface area contributed by atoms with Crippen LogP contribution in [-0.2, 0) is 7.05 Å². The topological polar surface area (TPSA) is 51.4 Å². The van der Waals surface area contributed by atoms with Crippen LogP contribution in [0.4, 0.5) is 0 Å². The van der Waals surface area contributed by atoms with E-state index in [2.05, 4.69) is 33.7 Å². The second-order valence-electron chi connectivity index (χ2n) is 8.07. The van der Waals surface area contributed by atoms with Crippen LogP contribution in [0.5, 0.6) is 0 Å². The van der Waals surface area contributed by atoms with Gasteiger partial charge in [0, 0.05) is 46.0 Å². The molecule has 7 heteroatoms. The molecule has 0 aliphatic carbocycles. The number of nitrogens with one attached hydrogen (secondary N) is 1. The number of rotatable bonds is 4. The Hall–Kier alpha value is -3.80. The highest BCUT2D eigenvalue weighted by Crippen LogP contribution is 2.39. The van der Waals surface area contributed by atoms with Crippen LogP contribution in [-0.4, -0.2) is 24.1 Å². The van der Waals surface area contributed by atoms with E-state index in [-0.39, 0.29) is 0 Å². The molecular formula is C27H19Cl2N5. The molecule has 6 aromatic rings. The average Bonchev–Trinajstić information content (AvgIpc) is 3.59. The summed E-state index contributed by atoms with van der Waals surface area (Å²) in [5.74, 6) is 1.76. The molecule has 34 heavy (non-hydrogen) atoms. The van der Waals surface area contributed by atoms with E-state index in [1.54, 1.807) is 12.5 Å². The van der Waals surface area contributed by atoms with Gasteiger partial charge in [-0.25, -0.2) is 9.97 Å². The van der Waals surface area contributed by atoms with E-state index in [1.165, 1.54) is 0 Å². The fourth-order valence-electron chi connectivity index (χ4n) is 4.43. The van der Waals surface area contributed by atoms with Gasteiger partial charge in [0.25, 0.3) is 0 Å². The van der Waals surface area contributed by atoms with Gasteiger partial charge < -0.3 is 9.55 Å². The van der Waals surface area contributed by atoms with Gasteiger partial charge in [-0.1, -0.05) is 65.7 Å². The van der Waals surface area contributed by atoms with Gasteiger partial charge in [0.2, 0.25) is 0 Å². The predicted molar refractivity (Wildman–Crippen MR) is 139 cm³/mol. The second-order valence-corrected chi connectivity index (χ2v) is 8.94. The molecule has 0 bridgehead atoms. The molecule has 0 amide bonds. The standard InChI is InChI=1S/C27H19Cl2N5/c1-33-22-5-3-2-4-21(22)23(27(33)34-15-14-30-16-34)26-31-24(17-6-10-19(28)11-7-17)25(32-26)18-8-12-20(29)13-9-18/h2-16H,1H3,(H,31,32). The minimum Gasteiger partial charge on any atom is -0.337 e. The van der Waals surface area contributed by atoms with Gasteiger partial charge in [-0.2, -0.15) is 0 Å². The zero-order valence-corrected chi connectivity index (χ0v) is 19.7. The lowest BCUT2D eigenvalue weighted by Crippen LogP contribution is -2.01. The number of benzene rings is 3. The molecule has 0 saturated heterocycles. The largest absolute Gasteiger partial charge is 0.337 e. The molecule has 0 radical (unpaired) electrons. The molecule has 6 rings (SSSR count). The Morgan fingerprint density at radius 2 is 1.50 bits per heavy atom. The van der Waals surface area contributed by atoms with Crippen LogP contribution in [0.25, 0.3) is 50.6 Å². The first-order chi connectivity index (χ1) is 16.6. The summed E-state index contributed by atoms with van der Waals surface area (Å²) in [4.78, 5) is 13.0. The Labute approximate surface area is 206 Å². The van der Waals surface area contributed by atoms with Gasteiger partial charge in [-0.15, -0.1) is 0 Å². The molecular weight excluding hydrogens is 465 g/mol. The summed E-state index contributed by atoms with van der Waals surface area (Å²) >= 11 is 12.3. The van der Waals surface area contributed by atoms with Crippen LogP contribution in [0.1, 0.15) is 0 Å². The number of aromatic nitrogens is 5. The number of aryl methyl sites for hydroxylation is 1. The van der Waals surface area contributed by atoms with Gasteiger partial charge in [0.1, 0.15) is 18.0 Å². The lowest BCUT2D eigenvalue weighted by Gasteiger charge is -2.07. The SMILES string of the molecule is Cn1c(-n2ccnc2)c(-c2nc(-c3ccc(Cl)cc3)c(-c3ccc(Cl)cc3)[nH]2)c2ccccc21. The van der Waals surface area contributed by atoms with Crippen molar-refractivity contribution in [1.82, 2.24) is 24.1 Å². The number of nitrogens with zero attached hydrogens (tertiary/aromatic N) is 4. The molecule has 0 saturated carbocycles. The molecule has 0 unspecified atom stereocenters. The van der Waals surface area contributed by atoms with Crippen LogP contribution in [0, 0.1) is 0 Å². The number of hydrogen-bond donors (Lipinski definition) is 1. The highest BCUT2D eigenvalue weighted by atomic mass is 35.5. The Balaban J connectivity index is 1.65. The van der Waals surface area contributed by atoms with Crippen molar-refractivity contribution in [1.29, 1.82) is 0 Å². The van der Waals surface area contributed by atoms with Gasteiger partial charge in [-0.3, -0.25) is 4.57 Å². The minimum atomic E-state index is 0.684. The predicted octanol–water partition coefficient (Wildman–Crippen LogP) is 7.39. The van der Waals surface area contributed by atoms with Crippen LogP contribution in [0.15, 0.2) is 91.5 Å². The highest BCUT2D eigenvalue weighted by molar-refractivity contribution is 6.31. The van der Waals surface area contributed by atoms with Crippen molar-refractivity contribution in [3.05, 3.63) is 102 Å². The number of fused-ring (bicyclic) bond motifs is 1. The first-order valence-electron chi connectivity index (χ1n) is 10.8. The van der Waals surface area contributed by atoms with E-state index in [0.717, 1.165) is 50.6 Å². The maximum atomic E-state index is 6.17. The summed E-state index contributed by atoms with van der Waals surface area (Å²) in [5.41, 5.74) is 5.85. The van der Waals surface area contributed by atoms with Crippen LogP contribution < -0.4 is 0 Å². The Bertz CT molecular complexity index is 1550. The third kappa shape index (κ3) is 3.41.